The van der Waals surface area contributed by atoms with E-state index in [2.05, 4.69) is 19.9 Å². The molecule has 1 fully saturated rings. The van der Waals surface area contributed by atoms with Gasteiger partial charge < -0.3 is 14.2 Å². The van der Waals surface area contributed by atoms with Crippen molar-refractivity contribution in [3.8, 4) is 0 Å². The summed E-state index contributed by atoms with van der Waals surface area (Å²) in [6, 6.07) is 0. The van der Waals surface area contributed by atoms with Crippen LogP contribution in [0.3, 0.4) is 0 Å². The Balaban J connectivity index is 2.08. The van der Waals surface area contributed by atoms with E-state index in [-0.39, 0.29) is 30.4 Å². The Morgan fingerprint density at radius 3 is 2.86 bits per heavy atom. The molecule has 2 aliphatic rings. The first-order valence-electron chi connectivity index (χ1n) is 8.65. The number of hydrogen-bond acceptors (Lipinski definition) is 4. The van der Waals surface area contributed by atoms with E-state index in [4.69, 9.17) is 14.2 Å². The molecule has 0 N–H and O–H groups in total. The molecule has 2 aliphatic heterocycles. The second kappa shape index (κ2) is 8.68. The molecule has 4 nitrogen and oxygen atoms in total. The Kier molecular flexibility index (Phi) is 6.90. The van der Waals surface area contributed by atoms with Gasteiger partial charge in [-0.1, -0.05) is 32.4 Å². The normalized spacial score (nSPS) is 37.0. The number of hydrogen-bond donors (Lipinski definition) is 0. The van der Waals surface area contributed by atoms with Crippen LogP contribution in [0.15, 0.2) is 12.2 Å². The fourth-order valence-electron chi connectivity index (χ4n) is 3.52. The van der Waals surface area contributed by atoms with Crippen molar-refractivity contribution < 1.29 is 19.0 Å². The van der Waals surface area contributed by atoms with Gasteiger partial charge in [-0.2, -0.15) is 0 Å². The summed E-state index contributed by atoms with van der Waals surface area (Å²) in [5.41, 5.74) is 0. The Labute approximate surface area is 134 Å². The molecule has 0 amide bonds. The second-order valence-corrected chi connectivity index (χ2v) is 6.74. The van der Waals surface area contributed by atoms with E-state index in [0.29, 0.717) is 12.3 Å². The van der Waals surface area contributed by atoms with Crippen LogP contribution < -0.4 is 0 Å². The van der Waals surface area contributed by atoms with Crippen molar-refractivity contribution in [2.75, 3.05) is 7.11 Å². The third-order valence-corrected chi connectivity index (χ3v) is 4.58. The SMILES string of the molecule is CCC[C@H]1C[C@@H](OC)C[C@H](C)C[C@@H]2CC=C[C@H](CC(=O)O1)O2. The van der Waals surface area contributed by atoms with Crippen molar-refractivity contribution >= 4 is 5.97 Å². The van der Waals surface area contributed by atoms with Crippen LogP contribution in [0, 0.1) is 5.92 Å². The fraction of sp³-hybridized carbons (Fsp3) is 0.833. The summed E-state index contributed by atoms with van der Waals surface area (Å²) in [7, 11) is 1.75. The third kappa shape index (κ3) is 5.40. The van der Waals surface area contributed by atoms with Gasteiger partial charge in [0.15, 0.2) is 0 Å². The van der Waals surface area contributed by atoms with Crippen LogP contribution in [0.1, 0.15) is 58.8 Å². The van der Waals surface area contributed by atoms with Gasteiger partial charge >= 0.3 is 5.97 Å². The summed E-state index contributed by atoms with van der Waals surface area (Å²) in [6.45, 7) is 4.38. The lowest BCUT2D eigenvalue weighted by molar-refractivity contribution is -0.155. The molecule has 0 aromatic heterocycles. The van der Waals surface area contributed by atoms with E-state index in [0.717, 1.165) is 38.5 Å². The maximum atomic E-state index is 12.2. The van der Waals surface area contributed by atoms with E-state index in [1.165, 1.54) is 0 Å². The minimum absolute atomic E-state index is 0.0440. The predicted octanol–water partition coefficient (Wildman–Crippen LogP) is 3.64. The number of carbonyl (C=O) groups is 1. The first-order valence-corrected chi connectivity index (χ1v) is 8.65. The van der Waals surface area contributed by atoms with Crippen LogP contribution in [0.25, 0.3) is 0 Å². The topological polar surface area (TPSA) is 44.8 Å². The van der Waals surface area contributed by atoms with Crippen LogP contribution in [0.5, 0.6) is 0 Å². The molecule has 5 atom stereocenters. The molecular formula is C18H30O4. The first-order chi connectivity index (χ1) is 10.6. The number of fused-ring (bicyclic) bond motifs is 2. The minimum atomic E-state index is -0.155. The van der Waals surface area contributed by atoms with Crippen LogP contribution in [0.4, 0.5) is 0 Å². The lowest BCUT2D eigenvalue weighted by atomic mass is 9.91. The van der Waals surface area contributed by atoms with E-state index >= 15 is 0 Å². The van der Waals surface area contributed by atoms with Crippen LogP contribution in [-0.4, -0.2) is 37.5 Å². The summed E-state index contributed by atoms with van der Waals surface area (Å²) in [6.07, 6.45) is 10.3. The van der Waals surface area contributed by atoms with Crippen molar-refractivity contribution in [1.82, 2.24) is 0 Å². The van der Waals surface area contributed by atoms with Crippen LogP contribution in [0.2, 0.25) is 0 Å². The van der Waals surface area contributed by atoms with Crippen molar-refractivity contribution in [2.24, 2.45) is 5.92 Å². The molecule has 1 saturated heterocycles. The second-order valence-electron chi connectivity index (χ2n) is 6.74. The van der Waals surface area contributed by atoms with Crippen LogP contribution >= 0.6 is 0 Å². The van der Waals surface area contributed by atoms with Gasteiger partial charge in [-0.3, -0.25) is 4.79 Å². The number of cyclic esters (lactones) is 1. The van der Waals surface area contributed by atoms with Gasteiger partial charge in [-0.15, -0.1) is 0 Å². The number of carbonyl (C=O) groups excluding carboxylic acids is 1. The van der Waals surface area contributed by atoms with Gasteiger partial charge in [-0.25, -0.2) is 0 Å². The highest BCUT2D eigenvalue weighted by atomic mass is 16.6. The molecule has 22 heavy (non-hydrogen) atoms. The highest BCUT2D eigenvalue weighted by Gasteiger charge is 2.28. The van der Waals surface area contributed by atoms with E-state index in [9.17, 15) is 4.79 Å². The van der Waals surface area contributed by atoms with E-state index in [1.807, 2.05) is 6.08 Å². The average Bonchev–Trinajstić information content (AvgIpc) is 2.45. The smallest absolute Gasteiger partial charge is 0.309 e. The van der Waals surface area contributed by atoms with Crippen LogP contribution in [-0.2, 0) is 19.0 Å². The minimum Gasteiger partial charge on any atom is -0.462 e. The molecule has 0 saturated carbocycles. The van der Waals surface area contributed by atoms with Crippen molar-refractivity contribution in [2.45, 2.75) is 83.2 Å². The molecule has 0 spiro atoms. The van der Waals surface area contributed by atoms with Gasteiger partial charge in [0.05, 0.1) is 24.7 Å². The molecule has 0 aliphatic carbocycles. The maximum absolute atomic E-state index is 12.2. The molecule has 126 valence electrons. The summed E-state index contributed by atoms with van der Waals surface area (Å²) in [4.78, 5) is 12.2. The third-order valence-electron chi connectivity index (χ3n) is 4.58. The summed E-state index contributed by atoms with van der Waals surface area (Å²) in [5.74, 6) is 0.386. The number of methoxy groups -OCH3 is 1. The number of esters is 1. The molecule has 0 unspecified atom stereocenters. The highest BCUT2D eigenvalue weighted by Crippen LogP contribution is 2.27. The van der Waals surface area contributed by atoms with E-state index < -0.39 is 0 Å². The molecule has 2 bridgehead atoms. The average molecular weight is 310 g/mol. The monoisotopic (exact) mass is 310 g/mol. The Morgan fingerprint density at radius 1 is 1.32 bits per heavy atom. The zero-order valence-corrected chi connectivity index (χ0v) is 14.1. The zero-order valence-electron chi connectivity index (χ0n) is 14.1. The first kappa shape index (κ1) is 17.5. The fourth-order valence-corrected chi connectivity index (χ4v) is 3.52. The van der Waals surface area contributed by atoms with Gasteiger partial charge in [0.25, 0.3) is 0 Å². The Hall–Kier alpha value is -0.870. The Bertz CT molecular complexity index is 379. The Morgan fingerprint density at radius 2 is 2.14 bits per heavy atom. The maximum Gasteiger partial charge on any atom is 0.309 e. The van der Waals surface area contributed by atoms with Gasteiger partial charge in [-0.05, 0) is 31.6 Å². The number of ether oxygens (including phenoxy) is 3. The molecule has 2 heterocycles. The summed E-state index contributed by atoms with van der Waals surface area (Å²) >= 11 is 0. The molecule has 0 aromatic carbocycles. The molecule has 0 aromatic rings. The number of rotatable bonds is 3. The molecule has 0 radical (unpaired) electrons. The predicted molar refractivity (Wildman–Crippen MR) is 85.6 cm³/mol. The van der Waals surface area contributed by atoms with E-state index in [1.54, 1.807) is 7.11 Å². The lowest BCUT2D eigenvalue weighted by Gasteiger charge is -2.31. The summed E-state index contributed by atoms with van der Waals surface area (Å²) in [5, 5.41) is 0. The van der Waals surface area contributed by atoms with Crippen molar-refractivity contribution in [3.05, 3.63) is 12.2 Å². The molecular weight excluding hydrogens is 280 g/mol. The van der Waals surface area contributed by atoms with Crippen molar-refractivity contribution in [1.29, 1.82) is 0 Å². The summed E-state index contributed by atoms with van der Waals surface area (Å²) < 4.78 is 17.4. The van der Waals surface area contributed by atoms with Gasteiger partial charge in [0.2, 0.25) is 0 Å². The highest BCUT2D eigenvalue weighted by molar-refractivity contribution is 5.70. The largest absolute Gasteiger partial charge is 0.462 e. The zero-order chi connectivity index (χ0) is 15.9. The van der Waals surface area contributed by atoms with Gasteiger partial charge in [0, 0.05) is 13.5 Å². The van der Waals surface area contributed by atoms with Gasteiger partial charge in [0.1, 0.15) is 6.10 Å². The van der Waals surface area contributed by atoms with Crippen molar-refractivity contribution in [3.63, 3.8) is 0 Å². The molecule has 4 heteroatoms. The quantitative estimate of drug-likeness (QED) is 0.590. The lowest BCUT2D eigenvalue weighted by Crippen LogP contribution is -2.33. The molecule has 2 rings (SSSR count). The standard InChI is InChI=1S/C18H30O4/c1-4-6-14-11-17(20-3)10-13(2)9-15-7-5-8-16(21-15)12-18(19)22-14/h5,8,13-17H,4,6-7,9-12H2,1-3H3/t13-,14+,15+,16-,17+/m1/s1.